The molecule has 1 N–H and O–H groups in total. The fourth-order valence-electron chi connectivity index (χ4n) is 2.96. The lowest BCUT2D eigenvalue weighted by molar-refractivity contribution is -0.384. The molecule has 0 unspecified atom stereocenters. The normalized spacial score (nSPS) is 11.5. The van der Waals surface area contributed by atoms with E-state index in [1.54, 1.807) is 42.5 Å². The first-order valence-electron chi connectivity index (χ1n) is 8.63. The zero-order chi connectivity index (χ0) is 19.5. The molecule has 0 aliphatic heterocycles. The standard InChI is InChI=1S/C22H15N3O3/c26-21(16-8-2-1-3-9-16)18(14-15-7-6-10-17(13-15)25(27)28)22-23-19-11-4-5-12-20(19)24-22/h1-14H,(H,23,24)/b18-14-. The van der Waals surface area contributed by atoms with Gasteiger partial charge in [0.05, 0.1) is 21.5 Å². The van der Waals surface area contributed by atoms with Crippen molar-refractivity contribution in [1.29, 1.82) is 0 Å². The molecule has 0 fully saturated rings. The molecule has 0 atom stereocenters. The second-order valence-electron chi connectivity index (χ2n) is 6.21. The van der Waals surface area contributed by atoms with Gasteiger partial charge in [0.2, 0.25) is 0 Å². The Kier molecular flexibility index (Phi) is 4.51. The summed E-state index contributed by atoms with van der Waals surface area (Å²) in [6.45, 7) is 0. The fraction of sp³-hybridized carbons (Fsp3) is 0. The maximum Gasteiger partial charge on any atom is 0.270 e. The number of aromatic nitrogens is 2. The lowest BCUT2D eigenvalue weighted by Crippen LogP contribution is -2.04. The van der Waals surface area contributed by atoms with Crippen LogP contribution >= 0.6 is 0 Å². The lowest BCUT2D eigenvalue weighted by atomic mass is 10.00. The van der Waals surface area contributed by atoms with Crippen LogP contribution in [0.15, 0.2) is 78.9 Å². The van der Waals surface area contributed by atoms with Gasteiger partial charge in [-0.2, -0.15) is 0 Å². The van der Waals surface area contributed by atoms with Crippen molar-refractivity contribution >= 4 is 34.2 Å². The summed E-state index contributed by atoms with van der Waals surface area (Å²) in [5.74, 6) is 0.202. The zero-order valence-electron chi connectivity index (χ0n) is 14.7. The van der Waals surface area contributed by atoms with E-state index in [9.17, 15) is 14.9 Å². The van der Waals surface area contributed by atoms with Crippen LogP contribution in [0.2, 0.25) is 0 Å². The summed E-state index contributed by atoms with van der Waals surface area (Å²) >= 11 is 0. The number of non-ortho nitro benzene ring substituents is 1. The van der Waals surface area contributed by atoms with E-state index >= 15 is 0 Å². The van der Waals surface area contributed by atoms with Crippen molar-refractivity contribution in [3.05, 3.63) is 106 Å². The first-order chi connectivity index (χ1) is 13.6. The molecule has 0 saturated carbocycles. The van der Waals surface area contributed by atoms with Gasteiger partial charge in [-0.25, -0.2) is 4.98 Å². The van der Waals surface area contributed by atoms with E-state index in [0.717, 1.165) is 11.0 Å². The van der Waals surface area contributed by atoms with Crippen LogP contribution in [0.5, 0.6) is 0 Å². The number of nitro groups is 1. The molecule has 4 aromatic rings. The van der Waals surface area contributed by atoms with Gasteiger partial charge in [0.15, 0.2) is 5.78 Å². The van der Waals surface area contributed by atoms with Crippen molar-refractivity contribution < 1.29 is 9.72 Å². The highest BCUT2D eigenvalue weighted by Crippen LogP contribution is 2.25. The minimum atomic E-state index is -0.461. The van der Waals surface area contributed by atoms with Gasteiger partial charge in [-0.1, -0.05) is 54.6 Å². The van der Waals surface area contributed by atoms with Crippen molar-refractivity contribution in [2.75, 3.05) is 0 Å². The minimum absolute atomic E-state index is 0.0372. The molecule has 28 heavy (non-hydrogen) atoms. The second kappa shape index (κ2) is 7.28. The molecule has 0 aliphatic carbocycles. The number of nitrogens with zero attached hydrogens (tertiary/aromatic N) is 2. The number of rotatable bonds is 5. The molecular formula is C22H15N3O3. The number of fused-ring (bicyclic) bond motifs is 1. The fourth-order valence-corrected chi connectivity index (χ4v) is 2.96. The number of allylic oxidation sites excluding steroid dienone is 1. The molecule has 3 aromatic carbocycles. The number of ketones is 1. The number of aromatic amines is 1. The maximum atomic E-state index is 13.2. The number of hydrogen-bond donors (Lipinski definition) is 1. The molecule has 6 nitrogen and oxygen atoms in total. The number of H-pyrrole nitrogens is 1. The number of imidazole rings is 1. The molecule has 6 heteroatoms. The van der Waals surface area contributed by atoms with E-state index in [4.69, 9.17) is 0 Å². The Hall–Kier alpha value is -4.06. The Morgan fingerprint density at radius 3 is 2.46 bits per heavy atom. The van der Waals surface area contributed by atoms with Gasteiger partial charge < -0.3 is 4.98 Å². The van der Waals surface area contributed by atoms with Crippen LogP contribution in [0.3, 0.4) is 0 Å². The minimum Gasteiger partial charge on any atom is -0.338 e. The quantitative estimate of drug-likeness (QED) is 0.235. The summed E-state index contributed by atoms with van der Waals surface area (Å²) in [5, 5.41) is 11.1. The van der Waals surface area contributed by atoms with Crippen LogP contribution in [0.4, 0.5) is 5.69 Å². The third-order valence-electron chi connectivity index (χ3n) is 4.32. The molecule has 0 radical (unpaired) electrons. The summed E-state index contributed by atoms with van der Waals surface area (Å²) in [7, 11) is 0. The highest BCUT2D eigenvalue weighted by atomic mass is 16.6. The average molecular weight is 369 g/mol. The van der Waals surface area contributed by atoms with Gasteiger partial charge in [-0.05, 0) is 23.8 Å². The Labute approximate surface area is 160 Å². The van der Waals surface area contributed by atoms with Gasteiger partial charge in [0, 0.05) is 17.7 Å². The molecule has 0 saturated heterocycles. The van der Waals surface area contributed by atoms with Crippen molar-refractivity contribution in [2.24, 2.45) is 0 Å². The van der Waals surface area contributed by atoms with E-state index in [1.165, 1.54) is 12.1 Å². The number of hydrogen-bond acceptors (Lipinski definition) is 4. The van der Waals surface area contributed by atoms with Gasteiger partial charge in [-0.3, -0.25) is 14.9 Å². The second-order valence-corrected chi connectivity index (χ2v) is 6.21. The molecule has 1 aromatic heterocycles. The molecular weight excluding hydrogens is 354 g/mol. The third kappa shape index (κ3) is 3.43. The van der Waals surface area contributed by atoms with Crippen molar-refractivity contribution in [3.8, 4) is 0 Å². The van der Waals surface area contributed by atoms with E-state index in [-0.39, 0.29) is 11.5 Å². The predicted octanol–water partition coefficient (Wildman–Crippen LogP) is 4.89. The van der Waals surface area contributed by atoms with Crippen molar-refractivity contribution in [1.82, 2.24) is 9.97 Å². The number of carbonyl (C=O) groups is 1. The summed E-state index contributed by atoms with van der Waals surface area (Å²) in [4.78, 5) is 31.5. The number of nitrogens with one attached hydrogen (secondary N) is 1. The van der Waals surface area contributed by atoms with Crippen molar-refractivity contribution in [2.45, 2.75) is 0 Å². The Bertz CT molecular complexity index is 1180. The van der Waals surface area contributed by atoms with E-state index < -0.39 is 4.92 Å². The van der Waals surface area contributed by atoms with Crippen LogP contribution in [0.1, 0.15) is 21.7 Å². The number of Topliss-reactive ketones (excluding diaryl/α,β-unsaturated/α-hetero) is 1. The number of benzene rings is 3. The van der Waals surface area contributed by atoms with E-state index in [1.807, 2.05) is 30.3 Å². The lowest BCUT2D eigenvalue weighted by Gasteiger charge is -2.05. The smallest absolute Gasteiger partial charge is 0.270 e. The SMILES string of the molecule is O=C(/C(=C/c1cccc([N+](=O)[O-])c1)c1nc2ccccc2[nH]1)c1ccccc1. The van der Waals surface area contributed by atoms with Crippen LogP contribution in [-0.2, 0) is 0 Å². The largest absolute Gasteiger partial charge is 0.338 e. The molecule has 0 bridgehead atoms. The highest BCUT2D eigenvalue weighted by Gasteiger charge is 2.18. The van der Waals surface area contributed by atoms with E-state index in [0.29, 0.717) is 22.5 Å². The summed E-state index contributed by atoms with van der Waals surface area (Å²) < 4.78 is 0. The topological polar surface area (TPSA) is 88.9 Å². The van der Waals surface area contributed by atoms with E-state index in [2.05, 4.69) is 9.97 Å². The number of nitro benzene ring substituents is 1. The highest BCUT2D eigenvalue weighted by molar-refractivity contribution is 6.31. The predicted molar refractivity (Wildman–Crippen MR) is 108 cm³/mol. The van der Waals surface area contributed by atoms with Crippen LogP contribution in [0.25, 0.3) is 22.7 Å². The maximum absolute atomic E-state index is 13.2. The van der Waals surface area contributed by atoms with Gasteiger partial charge in [0.1, 0.15) is 5.82 Å². The van der Waals surface area contributed by atoms with Crippen LogP contribution < -0.4 is 0 Å². The first-order valence-corrected chi connectivity index (χ1v) is 8.63. The number of carbonyl (C=O) groups excluding carboxylic acids is 1. The Morgan fingerprint density at radius 1 is 0.964 bits per heavy atom. The Morgan fingerprint density at radius 2 is 1.71 bits per heavy atom. The molecule has 0 spiro atoms. The third-order valence-corrected chi connectivity index (χ3v) is 4.32. The number of para-hydroxylation sites is 2. The van der Waals surface area contributed by atoms with Gasteiger partial charge >= 0.3 is 0 Å². The van der Waals surface area contributed by atoms with Gasteiger partial charge in [0.25, 0.3) is 5.69 Å². The van der Waals surface area contributed by atoms with Crippen LogP contribution in [-0.4, -0.2) is 20.7 Å². The summed E-state index contributed by atoms with van der Waals surface area (Å²) in [6.07, 6.45) is 1.63. The van der Waals surface area contributed by atoms with Crippen LogP contribution in [0, 0.1) is 10.1 Å². The molecule has 4 rings (SSSR count). The Balaban J connectivity index is 1.87. The molecule has 0 aliphatic rings. The monoisotopic (exact) mass is 369 g/mol. The average Bonchev–Trinajstić information content (AvgIpc) is 3.16. The molecule has 1 heterocycles. The van der Waals surface area contributed by atoms with Crippen molar-refractivity contribution in [3.63, 3.8) is 0 Å². The molecule has 136 valence electrons. The van der Waals surface area contributed by atoms with Gasteiger partial charge in [-0.15, -0.1) is 0 Å². The first kappa shape index (κ1) is 17.4. The molecule has 0 amide bonds. The summed E-state index contributed by atoms with van der Waals surface area (Å²) in [5.41, 5.74) is 2.91. The zero-order valence-corrected chi connectivity index (χ0v) is 14.7. The summed E-state index contributed by atoms with van der Waals surface area (Å²) in [6, 6.07) is 22.5.